The van der Waals surface area contributed by atoms with Crippen LogP contribution in [0.25, 0.3) is 0 Å². The summed E-state index contributed by atoms with van der Waals surface area (Å²) in [5, 5.41) is 0.753. The second kappa shape index (κ2) is 6.60. The third kappa shape index (κ3) is 3.98. The summed E-state index contributed by atoms with van der Waals surface area (Å²) in [5.41, 5.74) is 9.37. The first-order valence-electron chi connectivity index (χ1n) is 6.45. The molecule has 2 aromatic rings. The van der Waals surface area contributed by atoms with E-state index in [0.717, 1.165) is 23.8 Å². The molecule has 19 heavy (non-hydrogen) atoms. The molecule has 0 spiro atoms. The van der Waals surface area contributed by atoms with Gasteiger partial charge in [-0.1, -0.05) is 47.5 Å². The number of anilines is 1. The second-order valence-electron chi connectivity index (χ2n) is 4.68. The molecule has 0 aliphatic heterocycles. The van der Waals surface area contributed by atoms with Gasteiger partial charge in [0.05, 0.1) is 0 Å². The fraction of sp³-hybridized carbons (Fsp3) is 0.250. The Hall–Kier alpha value is -1.51. The van der Waals surface area contributed by atoms with E-state index in [1.165, 1.54) is 11.1 Å². The van der Waals surface area contributed by atoms with Gasteiger partial charge in [-0.25, -0.2) is 0 Å². The van der Waals surface area contributed by atoms with Crippen LogP contribution in [-0.4, -0.2) is 13.1 Å². The van der Waals surface area contributed by atoms with Crippen LogP contribution in [0.5, 0.6) is 0 Å². The van der Waals surface area contributed by atoms with Crippen molar-refractivity contribution in [1.29, 1.82) is 0 Å². The predicted octanol–water partition coefficient (Wildman–Crippen LogP) is 3.61. The zero-order chi connectivity index (χ0) is 13.7. The first kappa shape index (κ1) is 13.9. The Bertz CT molecular complexity index is 523. The summed E-state index contributed by atoms with van der Waals surface area (Å²) in [6.07, 6.45) is 0. The lowest BCUT2D eigenvalue weighted by Gasteiger charge is -2.24. The quantitative estimate of drug-likeness (QED) is 0.902. The Kier molecular flexibility index (Phi) is 4.83. The van der Waals surface area contributed by atoms with Crippen molar-refractivity contribution >= 4 is 17.3 Å². The van der Waals surface area contributed by atoms with Gasteiger partial charge >= 0.3 is 0 Å². The standard InChI is InChI=1S/C16H19ClN2/c1-13-5-7-14(8-6-13)12-19(10-9-18)16-4-2-3-15(17)11-16/h2-8,11H,9-10,12,18H2,1H3. The molecule has 0 fully saturated rings. The Balaban J connectivity index is 2.18. The van der Waals surface area contributed by atoms with Crippen molar-refractivity contribution in [2.24, 2.45) is 5.73 Å². The number of hydrogen-bond acceptors (Lipinski definition) is 2. The fourth-order valence-corrected chi connectivity index (χ4v) is 2.23. The Morgan fingerprint density at radius 2 is 1.84 bits per heavy atom. The molecule has 0 amide bonds. The molecule has 0 aromatic heterocycles. The van der Waals surface area contributed by atoms with E-state index in [0.29, 0.717) is 6.54 Å². The summed E-state index contributed by atoms with van der Waals surface area (Å²) >= 11 is 6.05. The number of rotatable bonds is 5. The van der Waals surface area contributed by atoms with Crippen LogP contribution in [0.2, 0.25) is 5.02 Å². The molecule has 2 aromatic carbocycles. The molecule has 0 radical (unpaired) electrons. The molecule has 0 saturated heterocycles. The summed E-state index contributed by atoms with van der Waals surface area (Å²) in [6.45, 7) is 4.38. The van der Waals surface area contributed by atoms with Gasteiger partial charge in [-0.2, -0.15) is 0 Å². The van der Waals surface area contributed by atoms with Gasteiger partial charge in [-0.05, 0) is 30.7 Å². The van der Waals surface area contributed by atoms with Crippen LogP contribution in [0.3, 0.4) is 0 Å². The van der Waals surface area contributed by atoms with E-state index in [-0.39, 0.29) is 0 Å². The minimum absolute atomic E-state index is 0.623. The highest BCUT2D eigenvalue weighted by Gasteiger charge is 2.07. The molecule has 0 aliphatic carbocycles. The largest absolute Gasteiger partial charge is 0.366 e. The maximum atomic E-state index is 6.05. The van der Waals surface area contributed by atoms with Crippen LogP contribution in [0.4, 0.5) is 5.69 Å². The van der Waals surface area contributed by atoms with Crippen molar-refractivity contribution in [3.63, 3.8) is 0 Å². The molecule has 0 bridgehead atoms. The molecule has 2 rings (SSSR count). The SMILES string of the molecule is Cc1ccc(CN(CCN)c2cccc(Cl)c2)cc1. The molecule has 3 heteroatoms. The van der Waals surface area contributed by atoms with E-state index < -0.39 is 0 Å². The highest BCUT2D eigenvalue weighted by Crippen LogP contribution is 2.21. The zero-order valence-electron chi connectivity index (χ0n) is 11.1. The normalized spacial score (nSPS) is 10.5. The van der Waals surface area contributed by atoms with Crippen molar-refractivity contribution in [2.45, 2.75) is 13.5 Å². The molecule has 100 valence electrons. The number of aryl methyl sites for hydroxylation is 1. The predicted molar refractivity (Wildman–Crippen MR) is 82.7 cm³/mol. The molecular formula is C16H19ClN2. The van der Waals surface area contributed by atoms with Gasteiger partial charge in [0, 0.05) is 30.3 Å². The summed E-state index contributed by atoms with van der Waals surface area (Å²) < 4.78 is 0. The van der Waals surface area contributed by atoms with E-state index in [2.05, 4.69) is 42.2 Å². The lowest BCUT2D eigenvalue weighted by molar-refractivity contribution is 0.790. The molecule has 0 aliphatic rings. The molecule has 0 heterocycles. The van der Waals surface area contributed by atoms with Gasteiger partial charge < -0.3 is 10.6 Å². The summed E-state index contributed by atoms with van der Waals surface area (Å²) in [7, 11) is 0. The van der Waals surface area contributed by atoms with E-state index >= 15 is 0 Å². The van der Waals surface area contributed by atoms with Crippen molar-refractivity contribution in [3.8, 4) is 0 Å². The van der Waals surface area contributed by atoms with Gasteiger partial charge in [-0.3, -0.25) is 0 Å². The first-order chi connectivity index (χ1) is 9.19. The van der Waals surface area contributed by atoms with Crippen LogP contribution < -0.4 is 10.6 Å². The highest BCUT2D eigenvalue weighted by atomic mass is 35.5. The number of nitrogens with two attached hydrogens (primary N) is 1. The number of benzene rings is 2. The maximum Gasteiger partial charge on any atom is 0.0430 e. The monoisotopic (exact) mass is 274 g/mol. The van der Waals surface area contributed by atoms with E-state index in [4.69, 9.17) is 17.3 Å². The molecule has 2 nitrogen and oxygen atoms in total. The van der Waals surface area contributed by atoms with Crippen molar-refractivity contribution < 1.29 is 0 Å². The molecule has 0 atom stereocenters. The second-order valence-corrected chi connectivity index (χ2v) is 5.11. The average molecular weight is 275 g/mol. The van der Waals surface area contributed by atoms with Gasteiger partial charge in [0.25, 0.3) is 0 Å². The highest BCUT2D eigenvalue weighted by molar-refractivity contribution is 6.30. The summed E-state index contributed by atoms with van der Waals surface area (Å²) in [5.74, 6) is 0. The van der Waals surface area contributed by atoms with Crippen LogP contribution in [0.15, 0.2) is 48.5 Å². The van der Waals surface area contributed by atoms with Gasteiger partial charge in [0.15, 0.2) is 0 Å². The van der Waals surface area contributed by atoms with E-state index in [1.807, 2.05) is 18.2 Å². The van der Waals surface area contributed by atoms with Crippen LogP contribution in [-0.2, 0) is 6.54 Å². The third-order valence-electron chi connectivity index (χ3n) is 3.07. The Labute approximate surface area is 119 Å². The Morgan fingerprint density at radius 1 is 1.11 bits per heavy atom. The average Bonchev–Trinajstić information content (AvgIpc) is 2.41. The lowest BCUT2D eigenvalue weighted by atomic mass is 10.1. The van der Waals surface area contributed by atoms with E-state index in [1.54, 1.807) is 0 Å². The number of hydrogen-bond donors (Lipinski definition) is 1. The molecule has 0 saturated carbocycles. The molecule has 0 unspecified atom stereocenters. The van der Waals surface area contributed by atoms with Crippen LogP contribution in [0, 0.1) is 6.92 Å². The van der Waals surface area contributed by atoms with Gasteiger partial charge in [0.1, 0.15) is 0 Å². The van der Waals surface area contributed by atoms with Crippen molar-refractivity contribution in [1.82, 2.24) is 0 Å². The third-order valence-corrected chi connectivity index (χ3v) is 3.30. The minimum atomic E-state index is 0.623. The van der Waals surface area contributed by atoms with Crippen LogP contribution >= 0.6 is 11.6 Å². The maximum absolute atomic E-state index is 6.05. The van der Waals surface area contributed by atoms with Gasteiger partial charge in [0.2, 0.25) is 0 Å². The lowest BCUT2D eigenvalue weighted by Crippen LogP contribution is -2.28. The van der Waals surface area contributed by atoms with Gasteiger partial charge in [-0.15, -0.1) is 0 Å². The first-order valence-corrected chi connectivity index (χ1v) is 6.83. The topological polar surface area (TPSA) is 29.3 Å². The van der Waals surface area contributed by atoms with Crippen LogP contribution in [0.1, 0.15) is 11.1 Å². The summed E-state index contributed by atoms with van der Waals surface area (Å²) in [4.78, 5) is 2.25. The van der Waals surface area contributed by atoms with Crippen molar-refractivity contribution in [2.75, 3.05) is 18.0 Å². The number of nitrogens with zero attached hydrogens (tertiary/aromatic N) is 1. The minimum Gasteiger partial charge on any atom is -0.366 e. The molecular weight excluding hydrogens is 256 g/mol. The fourth-order valence-electron chi connectivity index (χ4n) is 2.04. The smallest absolute Gasteiger partial charge is 0.0430 e. The Morgan fingerprint density at radius 3 is 2.47 bits per heavy atom. The summed E-state index contributed by atoms with van der Waals surface area (Å²) in [6, 6.07) is 16.5. The van der Waals surface area contributed by atoms with E-state index in [9.17, 15) is 0 Å². The number of halogens is 1. The zero-order valence-corrected chi connectivity index (χ0v) is 11.9. The van der Waals surface area contributed by atoms with Crippen molar-refractivity contribution in [3.05, 3.63) is 64.7 Å². The molecule has 2 N–H and O–H groups in total.